The molecular formula is C19H34N2O3S. The molecule has 1 aliphatic rings. The van der Waals surface area contributed by atoms with Crippen molar-refractivity contribution in [2.24, 2.45) is 11.3 Å². The smallest absolute Gasteiger partial charge is 0.246 e. The van der Waals surface area contributed by atoms with Crippen LogP contribution in [0, 0.1) is 11.3 Å². The summed E-state index contributed by atoms with van der Waals surface area (Å²) in [5, 5.41) is 5.83. The van der Waals surface area contributed by atoms with Crippen molar-refractivity contribution in [3.05, 3.63) is 12.2 Å². The van der Waals surface area contributed by atoms with Gasteiger partial charge in [0.1, 0.15) is 6.04 Å². The molecule has 0 spiro atoms. The third-order valence-electron chi connectivity index (χ3n) is 5.46. The summed E-state index contributed by atoms with van der Waals surface area (Å²) in [5.74, 6) is 0.424. The zero-order valence-electron chi connectivity index (χ0n) is 16.3. The Hall–Kier alpha value is -1.17. The van der Waals surface area contributed by atoms with Crippen LogP contribution in [0.5, 0.6) is 0 Å². The van der Waals surface area contributed by atoms with Crippen molar-refractivity contribution in [3.8, 4) is 0 Å². The van der Waals surface area contributed by atoms with Gasteiger partial charge in [0.25, 0.3) is 0 Å². The molecule has 25 heavy (non-hydrogen) atoms. The van der Waals surface area contributed by atoms with Gasteiger partial charge in [0.15, 0.2) is 0 Å². The third-order valence-corrected chi connectivity index (χ3v) is 6.27. The molecule has 144 valence electrons. The molecule has 0 saturated heterocycles. The molecule has 0 radical (unpaired) electrons. The van der Waals surface area contributed by atoms with Gasteiger partial charge in [-0.05, 0) is 43.9 Å². The first kappa shape index (κ1) is 21.9. The lowest BCUT2D eigenvalue weighted by Gasteiger charge is -2.42. The van der Waals surface area contributed by atoms with Crippen LogP contribution in [-0.4, -0.2) is 40.1 Å². The summed E-state index contributed by atoms with van der Waals surface area (Å²) < 4.78 is 11.4. The maximum atomic E-state index is 12.7. The van der Waals surface area contributed by atoms with Crippen molar-refractivity contribution in [1.82, 2.24) is 10.6 Å². The van der Waals surface area contributed by atoms with Gasteiger partial charge in [0.05, 0.1) is 0 Å². The zero-order valence-corrected chi connectivity index (χ0v) is 17.1. The van der Waals surface area contributed by atoms with Gasteiger partial charge in [0.2, 0.25) is 11.8 Å². The van der Waals surface area contributed by atoms with E-state index in [2.05, 4.69) is 38.0 Å². The molecule has 6 heteroatoms. The highest BCUT2D eigenvalue weighted by Gasteiger charge is 2.36. The molecule has 2 N–H and O–H groups in total. The lowest BCUT2D eigenvalue weighted by Crippen LogP contribution is -2.52. The Morgan fingerprint density at radius 3 is 2.52 bits per heavy atom. The van der Waals surface area contributed by atoms with Gasteiger partial charge >= 0.3 is 0 Å². The molecular weight excluding hydrogens is 336 g/mol. The van der Waals surface area contributed by atoms with Crippen molar-refractivity contribution in [2.45, 2.75) is 71.9 Å². The predicted octanol–water partition coefficient (Wildman–Crippen LogP) is 2.54. The Morgan fingerprint density at radius 2 is 2.00 bits per heavy atom. The minimum Gasteiger partial charge on any atom is -0.352 e. The molecule has 0 aromatic rings. The molecule has 4 atom stereocenters. The van der Waals surface area contributed by atoms with Crippen molar-refractivity contribution in [2.75, 3.05) is 12.0 Å². The normalized spacial score (nSPS) is 25.9. The minimum absolute atomic E-state index is 0.130. The molecule has 1 aliphatic carbocycles. The second-order valence-electron chi connectivity index (χ2n) is 7.98. The van der Waals surface area contributed by atoms with Crippen LogP contribution in [0.4, 0.5) is 0 Å². The topological polar surface area (TPSA) is 75.3 Å². The molecule has 1 fully saturated rings. The zero-order chi connectivity index (χ0) is 19.2. The van der Waals surface area contributed by atoms with E-state index in [1.165, 1.54) is 6.42 Å². The van der Waals surface area contributed by atoms with Gasteiger partial charge in [-0.25, -0.2) is 0 Å². The highest BCUT2D eigenvalue weighted by Crippen LogP contribution is 2.41. The molecule has 0 aromatic heterocycles. The predicted molar refractivity (Wildman–Crippen MR) is 104 cm³/mol. The quantitative estimate of drug-likeness (QED) is 0.645. The molecule has 2 amide bonds. The van der Waals surface area contributed by atoms with Gasteiger partial charge in [-0.3, -0.25) is 13.8 Å². The lowest BCUT2D eigenvalue weighted by molar-refractivity contribution is -0.128. The highest BCUT2D eigenvalue weighted by atomic mass is 32.2. The molecule has 0 bridgehead atoms. The van der Waals surface area contributed by atoms with E-state index >= 15 is 0 Å². The maximum Gasteiger partial charge on any atom is 0.246 e. The van der Waals surface area contributed by atoms with Crippen LogP contribution in [-0.2, 0) is 20.4 Å². The first-order valence-corrected chi connectivity index (χ1v) is 10.8. The highest BCUT2D eigenvalue weighted by molar-refractivity contribution is 7.84. The molecule has 1 saturated carbocycles. The number of hydrogen-bond acceptors (Lipinski definition) is 3. The average molecular weight is 371 g/mol. The number of rotatable bonds is 8. The second kappa shape index (κ2) is 9.51. The standard InChI is InChI=1S/C19H34N2O3S/c1-13(2)17(22)21-16(9-11-25(6)24)18(23)20-15-8-7-10-19(5,12-15)14(3)4/h14-16H,1,7-12H2,2-6H3,(H,20,23)(H,21,22)/t15-,16-,19?,25+/m0/s1. The Morgan fingerprint density at radius 1 is 1.36 bits per heavy atom. The van der Waals surface area contributed by atoms with Crippen LogP contribution >= 0.6 is 0 Å². The largest absolute Gasteiger partial charge is 0.352 e. The van der Waals surface area contributed by atoms with E-state index in [1.54, 1.807) is 13.2 Å². The van der Waals surface area contributed by atoms with Crippen LogP contribution in [0.15, 0.2) is 12.2 Å². The summed E-state index contributed by atoms with van der Waals surface area (Å²) >= 11 is 0. The molecule has 0 aliphatic heterocycles. The SMILES string of the molecule is C=C(C)C(=O)N[C@@H](CC[S@@](C)=O)C(=O)N[C@H]1CCCC(C)(C(C)C)C1. The number of carbonyl (C=O) groups excluding carboxylic acids is 2. The Bertz CT molecular complexity index is 533. The number of carbonyl (C=O) groups is 2. The second-order valence-corrected chi connectivity index (χ2v) is 9.54. The monoisotopic (exact) mass is 370 g/mol. The van der Waals surface area contributed by atoms with E-state index < -0.39 is 16.8 Å². The van der Waals surface area contributed by atoms with E-state index in [0.717, 1.165) is 19.3 Å². The molecule has 1 rings (SSSR count). The Balaban J connectivity index is 2.74. The third kappa shape index (κ3) is 6.92. The van der Waals surface area contributed by atoms with Crippen molar-refractivity contribution < 1.29 is 13.8 Å². The van der Waals surface area contributed by atoms with E-state index in [-0.39, 0.29) is 23.3 Å². The fourth-order valence-electron chi connectivity index (χ4n) is 3.30. The Kier molecular flexibility index (Phi) is 8.32. The van der Waals surface area contributed by atoms with E-state index in [9.17, 15) is 13.8 Å². The molecule has 0 aromatic carbocycles. The molecule has 1 unspecified atom stereocenters. The van der Waals surface area contributed by atoms with E-state index in [4.69, 9.17) is 0 Å². The van der Waals surface area contributed by atoms with Crippen LogP contribution in [0.3, 0.4) is 0 Å². The first-order valence-electron chi connectivity index (χ1n) is 9.12. The van der Waals surface area contributed by atoms with Crippen LogP contribution in [0.25, 0.3) is 0 Å². The molecule has 5 nitrogen and oxygen atoms in total. The summed E-state index contributed by atoms with van der Waals surface area (Å²) in [5.41, 5.74) is 0.595. The maximum absolute atomic E-state index is 12.7. The fourth-order valence-corrected chi connectivity index (χ4v) is 3.87. The van der Waals surface area contributed by atoms with Gasteiger partial charge < -0.3 is 10.6 Å². The van der Waals surface area contributed by atoms with Gasteiger partial charge in [-0.1, -0.05) is 33.8 Å². The number of amides is 2. The van der Waals surface area contributed by atoms with Crippen LogP contribution < -0.4 is 10.6 Å². The lowest BCUT2D eigenvalue weighted by atomic mass is 9.67. The summed E-state index contributed by atoms with van der Waals surface area (Å²) in [6.07, 6.45) is 6.17. The van der Waals surface area contributed by atoms with Crippen molar-refractivity contribution >= 4 is 22.6 Å². The van der Waals surface area contributed by atoms with Crippen LogP contribution in [0.2, 0.25) is 0 Å². The van der Waals surface area contributed by atoms with Gasteiger partial charge in [-0.2, -0.15) is 0 Å². The number of hydrogen-bond donors (Lipinski definition) is 2. The van der Waals surface area contributed by atoms with Crippen LogP contribution in [0.1, 0.15) is 59.8 Å². The first-order chi connectivity index (χ1) is 11.5. The summed E-state index contributed by atoms with van der Waals surface area (Å²) in [4.78, 5) is 24.6. The summed E-state index contributed by atoms with van der Waals surface area (Å²) in [6.45, 7) is 12.0. The van der Waals surface area contributed by atoms with E-state index in [1.807, 2.05) is 0 Å². The van der Waals surface area contributed by atoms with Gasteiger partial charge in [-0.15, -0.1) is 0 Å². The van der Waals surface area contributed by atoms with Crippen molar-refractivity contribution in [1.29, 1.82) is 0 Å². The summed E-state index contributed by atoms with van der Waals surface area (Å²) in [7, 11) is -1.01. The number of nitrogens with one attached hydrogen (secondary N) is 2. The molecule has 0 heterocycles. The minimum atomic E-state index is -1.01. The summed E-state index contributed by atoms with van der Waals surface area (Å²) in [6, 6.07) is -0.537. The Labute approximate surface area is 154 Å². The van der Waals surface area contributed by atoms with E-state index in [0.29, 0.717) is 23.7 Å². The average Bonchev–Trinajstić information content (AvgIpc) is 2.50. The fraction of sp³-hybridized carbons (Fsp3) is 0.789. The van der Waals surface area contributed by atoms with Crippen molar-refractivity contribution in [3.63, 3.8) is 0 Å². The van der Waals surface area contributed by atoms with Gasteiger partial charge in [0, 0.05) is 34.4 Å².